The van der Waals surface area contributed by atoms with Crippen LogP contribution in [0.25, 0.3) is 0 Å². The Hall–Kier alpha value is 0.0649. The molecule has 5 atom stereocenters. The van der Waals surface area contributed by atoms with Gasteiger partial charge in [-0.1, -0.05) is 53.3 Å². The van der Waals surface area contributed by atoms with E-state index in [4.69, 9.17) is 7.85 Å². The van der Waals surface area contributed by atoms with Crippen molar-refractivity contribution in [3.05, 3.63) is 0 Å². The lowest BCUT2D eigenvalue weighted by molar-refractivity contribution is 0.258. The van der Waals surface area contributed by atoms with Gasteiger partial charge in [0.2, 0.25) is 0 Å². The highest BCUT2D eigenvalue weighted by atomic mass is 14.4. The van der Waals surface area contributed by atoms with Crippen LogP contribution in [0.2, 0.25) is 5.82 Å². The average molecular weight is 206 g/mol. The molecule has 0 saturated heterocycles. The minimum absolute atomic E-state index is 0.437. The molecule has 0 spiro atoms. The standard InChI is InChI=1S/C14H27B/c1-6-12-10(4)14(15)11(5)13(12)8-7-9(2)3/h9-14H,6-8H2,1-5H3. The van der Waals surface area contributed by atoms with Crippen LogP contribution < -0.4 is 0 Å². The molecule has 0 nitrogen and oxygen atoms in total. The molecular weight excluding hydrogens is 179 g/mol. The predicted molar refractivity (Wildman–Crippen MR) is 69.2 cm³/mol. The maximum absolute atomic E-state index is 6.28. The molecule has 1 rings (SSSR count). The summed E-state index contributed by atoms with van der Waals surface area (Å²) in [4.78, 5) is 0. The van der Waals surface area contributed by atoms with E-state index in [1.807, 2.05) is 0 Å². The average Bonchev–Trinajstić information content (AvgIpc) is 2.39. The molecule has 15 heavy (non-hydrogen) atoms. The number of rotatable bonds is 4. The summed E-state index contributed by atoms with van der Waals surface area (Å²) >= 11 is 0. The highest BCUT2D eigenvalue weighted by Gasteiger charge is 2.41. The van der Waals surface area contributed by atoms with E-state index >= 15 is 0 Å². The molecule has 1 heteroatoms. The van der Waals surface area contributed by atoms with Gasteiger partial charge in [0.15, 0.2) is 0 Å². The van der Waals surface area contributed by atoms with Gasteiger partial charge in [0.1, 0.15) is 0 Å². The highest BCUT2D eigenvalue weighted by molar-refractivity contribution is 6.12. The van der Waals surface area contributed by atoms with Crippen LogP contribution in [-0.2, 0) is 0 Å². The molecule has 0 aliphatic heterocycles. The first-order valence-electron chi connectivity index (χ1n) is 6.74. The first-order valence-corrected chi connectivity index (χ1v) is 6.74. The zero-order chi connectivity index (χ0) is 11.6. The lowest BCUT2D eigenvalue weighted by Gasteiger charge is -2.24. The van der Waals surface area contributed by atoms with Crippen molar-refractivity contribution >= 4 is 7.85 Å². The van der Waals surface area contributed by atoms with E-state index in [0.717, 1.165) is 29.6 Å². The summed E-state index contributed by atoms with van der Waals surface area (Å²) in [5.41, 5.74) is 0. The van der Waals surface area contributed by atoms with E-state index in [1.54, 1.807) is 0 Å². The van der Waals surface area contributed by atoms with Crippen LogP contribution in [0.1, 0.15) is 53.9 Å². The molecular formula is C14H27B. The monoisotopic (exact) mass is 206 g/mol. The van der Waals surface area contributed by atoms with Crippen LogP contribution in [0, 0.1) is 29.6 Å². The molecule has 0 N–H and O–H groups in total. The SMILES string of the molecule is [B]C1C(C)C(CC)C(CCC(C)C)C1C. The molecule has 0 bridgehead atoms. The summed E-state index contributed by atoms with van der Waals surface area (Å²) in [6.45, 7) is 11.7. The van der Waals surface area contributed by atoms with E-state index in [-0.39, 0.29) is 0 Å². The van der Waals surface area contributed by atoms with Gasteiger partial charge in [-0.05, 0) is 36.0 Å². The summed E-state index contributed by atoms with van der Waals surface area (Å²) in [5.74, 6) is 4.47. The Morgan fingerprint density at radius 2 is 1.60 bits per heavy atom. The summed E-state index contributed by atoms with van der Waals surface area (Å²) < 4.78 is 0. The number of hydrogen-bond acceptors (Lipinski definition) is 0. The molecule has 1 aliphatic carbocycles. The minimum atomic E-state index is 0.437. The van der Waals surface area contributed by atoms with Gasteiger partial charge in [-0.25, -0.2) is 0 Å². The van der Waals surface area contributed by atoms with E-state index in [0.29, 0.717) is 5.82 Å². The third kappa shape index (κ3) is 2.79. The zero-order valence-corrected chi connectivity index (χ0v) is 11.2. The lowest BCUT2D eigenvalue weighted by atomic mass is 9.73. The molecule has 2 radical (unpaired) electrons. The molecule has 0 aromatic carbocycles. The Balaban J connectivity index is 2.60. The molecule has 86 valence electrons. The Morgan fingerprint density at radius 3 is 2.07 bits per heavy atom. The van der Waals surface area contributed by atoms with Crippen LogP contribution in [0.3, 0.4) is 0 Å². The van der Waals surface area contributed by atoms with Crippen molar-refractivity contribution in [2.75, 3.05) is 0 Å². The van der Waals surface area contributed by atoms with Crippen LogP contribution in [0.4, 0.5) is 0 Å². The Bertz CT molecular complexity index is 188. The third-order valence-electron chi connectivity index (χ3n) is 4.66. The van der Waals surface area contributed by atoms with E-state index in [2.05, 4.69) is 34.6 Å². The largest absolute Gasteiger partial charge is 0.0718 e. The smallest absolute Gasteiger partial charge is 0.0707 e. The van der Waals surface area contributed by atoms with Gasteiger partial charge in [-0.2, -0.15) is 0 Å². The maximum atomic E-state index is 6.28. The van der Waals surface area contributed by atoms with Gasteiger partial charge in [-0.3, -0.25) is 0 Å². The normalized spacial score (nSPS) is 41.3. The fourth-order valence-corrected chi connectivity index (χ4v) is 3.51. The first-order chi connectivity index (χ1) is 6.99. The van der Waals surface area contributed by atoms with E-state index < -0.39 is 0 Å². The van der Waals surface area contributed by atoms with Gasteiger partial charge in [0, 0.05) is 0 Å². The Labute approximate surface area is 97.6 Å². The van der Waals surface area contributed by atoms with Crippen molar-refractivity contribution in [2.45, 2.75) is 59.7 Å². The Kier molecular flexibility index (Phi) is 4.74. The van der Waals surface area contributed by atoms with Gasteiger partial charge in [0.25, 0.3) is 0 Å². The minimum Gasteiger partial charge on any atom is -0.0718 e. The third-order valence-corrected chi connectivity index (χ3v) is 4.66. The molecule has 1 aliphatic rings. The topological polar surface area (TPSA) is 0 Å². The fourth-order valence-electron chi connectivity index (χ4n) is 3.51. The summed E-state index contributed by atoms with van der Waals surface area (Å²) in [6, 6.07) is 0. The molecule has 1 saturated carbocycles. The Morgan fingerprint density at radius 1 is 1.07 bits per heavy atom. The van der Waals surface area contributed by atoms with Crippen molar-refractivity contribution in [1.82, 2.24) is 0 Å². The number of hydrogen-bond donors (Lipinski definition) is 0. The fraction of sp³-hybridized carbons (Fsp3) is 1.00. The summed E-state index contributed by atoms with van der Waals surface area (Å²) in [6.07, 6.45) is 4.06. The predicted octanol–water partition coefficient (Wildman–Crippen LogP) is 4.31. The highest BCUT2D eigenvalue weighted by Crippen LogP contribution is 2.51. The zero-order valence-electron chi connectivity index (χ0n) is 11.2. The first kappa shape index (κ1) is 13.1. The summed E-state index contributed by atoms with van der Waals surface area (Å²) in [7, 11) is 6.28. The van der Waals surface area contributed by atoms with Crippen LogP contribution in [-0.4, -0.2) is 7.85 Å². The van der Waals surface area contributed by atoms with Crippen molar-refractivity contribution < 1.29 is 0 Å². The van der Waals surface area contributed by atoms with Crippen molar-refractivity contribution in [2.24, 2.45) is 29.6 Å². The van der Waals surface area contributed by atoms with Gasteiger partial charge in [0.05, 0.1) is 7.85 Å². The van der Waals surface area contributed by atoms with Gasteiger partial charge in [-0.15, -0.1) is 0 Å². The molecule has 0 amide bonds. The molecule has 0 aromatic rings. The van der Waals surface area contributed by atoms with Crippen molar-refractivity contribution in [3.63, 3.8) is 0 Å². The molecule has 1 fully saturated rings. The van der Waals surface area contributed by atoms with Gasteiger partial charge < -0.3 is 0 Å². The second-order valence-electron chi connectivity index (χ2n) is 6.00. The summed E-state index contributed by atoms with van der Waals surface area (Å²) in [5, 5.41) is 0. The quantitative estimate of drug-likeness (QED) is 0.601. The maximum Gasteiger partial charge on any atom is 0.0707 e. The van der Waals surface area contributed by atoms with Crippen molar-refractivity contribution in [1.29, 1.82) is 0 Å². The van der Waals surface area contributed by atoms with E-state index in [9.17, 15) is 0 Å². The second kappa shape index (κ2) is 5.41. The van der Waals surface area contributed by atoms with Crippen molar-refractivity contribution in [3.8, 4) is 0 Å². The molecule has 5 unspecified atom stereocenters. The molecule has 0 heterocycles. The van der Waals surface area contributed by atoms with Crippen LogP contribution in [0.15, 0.2) is 0 Å². The lowest BCUT2D eigenvalue weighted by Crippen LogP contribution is -2.15. The van der Waals surface area contributed by atoms with Crippen LogP contribution >= 0.6 is 0 Å². The molecule has 0 aromatic heterocycles. The second-order valence-corrected chi connectivity index (χ2v) is 6.00. The van der Waals surface area contributed by atoms with Gasteiger partial charge >= 0.3 is 0 Å². The van der Waals surface area contributed by atoms with E-state index in [1.165, 1.54) is 19.3 Å². The van der Waals surface area contributed by atoms with Crippen LogP contribution in [0.5, 0.6) is 0 Å².